The summed E-state index contributed by atoms with van der Waals surface area (Å²) in [5.41, 5.74) is 6.52. The second kappa shape index (κ2) is 8.15. The van der Waals surface area contributed by atoms with Crippen molar-refractivity contribution in [1.82, 2.24) is 4.98 Å². The topological polar surface area (TPSA) is 134 Å². The van der Waals surface area contributed by atoms with Crippen LogP contribution < -0.4 is 10.2 Å². The Morgan fingerprint density at radius 1 is 1.27 bits per heavy atom. The number of primary amides is 1. The summed E-state index contributed by atoms with van der Waals surface area (Å²) < 4.78 is 24.5. The highest BCUT2D eigenvalue weighted by Gasteiger charge is 2.35. The molecule has 1 aromatic heterocycles. The highest BCUT2D eigenvalue weighted by Crippen LogP contribution is 2.31. The normalized spacial score (nSPS) is 12.5. The Morgan fingerprint density at radius 3 is 2.50 bits per heavy atom. The van der Waals surface area contributed by atoms with Crippen molar-refractivity contribution in [3.63, 3.8) is 0 Å². The van der Waals surface area contributed by atoms with Crippen molar-refractivity contribution in [3.8, 4) is 5.75 Å². The monoisotopic (exact) mass is 379 g/mol. The number of hydrogen-bond acceptors (Lipinski definition) is 6. The lowest BCUT2D eigenvalue weighted by molar-refractivity contribution is -0.117. The highest BCUT2D eigenvalue weighted by molar-refractivity contribution is 7.93. The first kappa shape index (κ1) is 19.7. The van der Waals surface area contributed by atoms with Gasteiger partial charge >= 0.3 is 0 Å². The molecule has 2 aromatic rings. The van der Waals surface area contributed by atoms with Crippen LogP contribution in [0.1, 0.15) is 24.5 Å². The number of aromatic nitrogens is 1. The van der Waals surface area contributed by atoms with Gasteiger partial charge in [-0.15, -0.1) is 4.47 Å². The Morgan fingerprint density at radius 2 is 1.96 bits per heavy atom. The SMILES string of the molecule is CCC(C(N)=O)S(=O)(=O)N(O)c1ccc(CCc2cccnc2)cc1O. The van der Waals surface area contributed by atoms with Crippen LogP contribution in [0, 0.1) is 0 Å². The first-order valence-electron chi connectivity index (χ1n) is 8.00. The van der Waals surface area contributed by atoms with E-state index in [1.807, 2.05) is 12.1 Å². The van der Waals surface area contributed by atoms with Crippen molar-refractivity contribution in [2.75, 3.05) is 4.47 Å². The number of benzene rings is 1. The Kier molecular flexibility index (Phi) is 6.17. The molecule has 0 saturated carbocycles. The summed E-state index contributed by atoms with van der Waals surface area (Å²) in [6.45, 7) is 1.46. The fourth-order valence-electron chi connectivity index (χ4n) is 2.54. The molecule has 0 aliphatic rings. The Labute approximate surface area is 151 Å². The zero-order valence-electron chi connectivity index (χ0n) is 14.2. The molecule has 1 amide bonds. The van der Waals surface area contributed by atoms with Crippen LogP contribution in [-0.4, -0.2) is 34.9 Å². The van der Waals surface area contributed by atoms with Crippen LogP contribution in [-0.2, 0) is 27.7 Å². The second-order valence-electron chi connectivity index (χ2n) is 5.77. The molecule has 0 radical (unpaired) electrons. The molecule has 140 valence electrons. The molecule has 0 fully saturated rings. The third kappa shape index (κ3) is 4.30. The van der Waals surface area contributed by atoms with Gasteiger partial charge < -0.3 is 10.8 Å². The van der Waals surface area contributed by atoms with Crippen molar-refractivity contribution < 1.29 is 23.5 Å². The van der Waals surface area contributed by atoms with Gasteiger partial charge in [0.15, 0.2) is 5.25 Å². The van der Waals surface area contributed by atoms with E-state index in [-0.39, 0.29) is 16.6 Å². The molecule has 26 heavy (non-hydrogen) atoms. The summed E-state index contributed by atoms with van der Waals surface area (Å²) >= 11 is 0. The molecule has 0 saturated heterocycles. The molecule has 0 aliphatic heterocycles. The molecule has 1 heterocycles. The number of carbonyl (C=O) groups excluding carboxylic acids is 1. The molecular weight excluding hydrogens is 358 g/mol. The van der Waals surface area contributed by atoms with E-state index in [9.17, 15) is 23.5 Å². The number of phenolic OH excluding ortho intramolecular Hbond substituents is 1. The molecule has 9 heteroatoms. The van der Waals surface area contributed by atoms with Crippen LogP contribution in [0.5, 0.6) is 5.75 Å². The van der Waals surface area contributed by atoms with Gasteiger partial charge in [0.1, 0.15) is 11.4 Å². The van der Waals surface area contributed by atoms with Gasteiger partial charge in [0.05, 0.1) is 0 Å². The number of phenols is 1. The number of nitrogens with zero attached hydrogens (tertiary/aromatic N) is 2. The lowest BCUT2D eigenvalue weighted by atomic mass is 10.1. The number of carbonyl (C=O) groups is 1. The molecule has 0 spiro atoms. The smallest absolute Gasteiger partial charge is 0.269 e. The lowest BCUT2D eigenvalue weighted by Gasteiger charge is -2.22. The number of pyridine rings is 1. The molecule has 1 atom stereocenters. The maximum absolute atomic E-state index is 12.3. The zero-order chi connectivity index (χ0) is 19.3. The summed E-state index contributed by atoms with van der Waals surface area (Å²) in [6.07, 6.45) is 4.60. The average molecular weight is 379 g/mol. The predicted molar refractivity (Wildman–Crippen MR) is 96.2 cm³/mol. The molecule has 0 bridgehead atoms. The van der Waals surface area contributed by atoms with Gasteiger partial charge in [-0.2, -0.15) is 0 Å². The molecule has 2 rings (SSSR count). The number of aryl methyl sites for hydroxylation is 2. The lowest BCUT2D eigenvalue weighted by Crippen LogP contribution is -2.43. The minimum absolute atomic E-state index is 0.0911. The second-order valence-corrected chi connectivity index (χ2v) is 7.72. The molecule has 0 aliphatic carbocycles. The maximum atomic E-state index is 12.3. The highest BCUT2D eigenvalue weighted by atomic mass is 32.2. The van der Waals surface area contributed by atoms with E-state index < -0.39 is 26.9 Å². The van der Waals surface area contributed by atoms with Crippen LogP contribution in [0.3, 0.4) is 0 Å². The van der Waals surface area contributed by atoms with Crippen molar-refractivity contribution in [2.45, 2.75) is 31.4 Å². The van der Waals surface area contributed by atoms with E-state index in [0.29, 0.717) is 12.8 Å². The summed E-state index contributed by atoms with van der Waals surface area (Å²) in [5.74, 6) is -1.49. The summed E-state index contributed by atoms with van der Waals surface area (Å²) in [5, 5.41) is 18.6. The van der Waals surface area contributed by atoms with Gasteiger partial charge in [-0.1, -0.05) is 19.1 Å². The first-order valence-corrected chi connectivity index (χ1v) is 9.50. The zero-order valence-corrected chi connectivity index (χ0v) is 15.1. The fraction of sp³-hybridized carbons (Fsp3) is 0.294. The van der Waals surface area contributed by atoms with E-state index in [1.165, 1.54) is 19.1 Å². The van der Waals surface area contributed by atoms with Gasteiger partial charge in [0, 0.05) is 12.4 Å². The Balaban J connectivity index is 2.19. The van der Waals surface area contributed by atoms with E-state index in [2.05, 4.69) is 4.98 Å². The molecular formula is C17H21N3O5S. The van der Waals surface area contributed by atoms with Gasteiger partial charge in [-0.25, -0.2) is 8.42 Å². The summed E-state index contributed by atoms with van der Waals surface area (Å²) in [4.78, 5) is 15.3. The molecule has 1 aromatic carbocycles. The van der Waals surface area contributed by atoms with Gasteiger partial charge in [-0.3, -0.25) is 15.0 Å². The largest absolute Gasteiger partial charge is 0.506 e. The first-order chi connectivity index (χ1) is 12.3. The minimum atomic E-state index is -4.45. The number of hydrogen-bond donors (Lipinski definition) is 3. The van der Waals surface area contributed by atoms with E-state index in [4.69, 9.17) is 5.73 Å². The van der Waals surface area contributed by atoms with Gasteiger partial charge in [0.25, 0.3) is 10.0 Å². The number of amides is 1. The van der Waals surface area contributed by atoms with Crippen molar-refractivity contribution >= 4 is 21.6 Å². The third-order valence-corrected chi connectivity index (χ3v) is 5.92. The molecule has 4 N–H and O–H groups in total. The van der Waals surface area contributed by atoms with Crippen molar-refractivity contribution in [1.29, 1.82) is 0 Å². The number of sulfonamides is 1. The van der Waals surface area contributed by atoms with E-state index in [1.54, 1.807) is 18.5 Å². The molecule has 1 unspecified atom stereocenters. The number of nitrogens with two attached hydrogens (primary N) is 1. The van der Waals surface area contributed by atoms with Crippen LogP contribution in [0.2, 0.25) is 0 Å². The quantitative estimate of drug-likeness (QED) is 0.593. The molecule has 8 nitrogen and oxygen atoms in total. The third-order valence-electron chi connectivity index (χ3n) is 3.96. The maximum Gasteiger partial charge on any atom is 0.269 e. The van der Waals surface area contributed by atoms with Crippen LogP contribution in [0.15, 0.2) is 42.7 Å². The predicted octanol–water partition coefficient (Wildman–Crippen LogP) is 1.36. The number of aromatic hydroxyl groups is 1. The van der Waals surface area contributed by atoms with Crippen molar-refractivity contribution in [3.05, 3.63) is 53.9 Å². The van der Waals surface area contributed by atoms with Gasteiger partial charge in [-0.05, 0) is 48.6 Å². The average Bonchev–Trinajstić information content (AvgIpc) is 2.60. The van der Waals surface area contributed by atoms with E-state index >= 15 is 0 Å². The fourth-order valence-corrected chi connectivity index (χ4v) is 3.92. The van der Waals surface area contributed by atoms with Gasteiger partial charge in [0.2, 0.25) is 5.91 Å². The van der Waals surface area contributed by atoms with Crippen LogP contribution in [0.4, 0.5) is 5.69 Å². The minimum Gasteiger partial charge on any atom is -0.506 e. The van der Waals surface area contributed by atoms with Crippen LogP contribution in [0.25, 0.3) is 0 Å². The number of anilines is 1. The summed E-state index contributed by atoms with van der Waals surface area (Å²) in [6, 6.07) is 8.00. The number of rotatable bonds is 8. The Hall–Kier alpha value is -2.65. The Bertz CT molecular complexity index is 871. The van der Waals surface area contributed by atoms with Crippen molar-refractivity contribution in [2.24, 2.45) is 5.73 Å². The van der Waals surface area contributed by atoms with E-state index in [0.717, 1.165) is 11.1 Å². The standard InChI is InChI=1S/C17H21N3O5S/c1-2-16(17(18)22)26(24,25)20(23)14-8-7-12(10-15(14)21)5-6-13-4-3-9-19-11-13/h3-4,7-11,16,21,23H,2,5-6H2,1H3,(H2,18,22). The van der Waals surface area contributed by atoms with Crippen LogP contribution >= 0.6 is 0 Å². The summed E-state index contributed by atoms with van der Waals surface area (Å²) in [7, 11) is -4.45.